The third kappa shape index (κ3) is 2.97. The number of carbonyl (C=O) groups is 1. The van der Waals surface area contributed by atoms with Crippen molar-refractivity contribution in [1.82, 2.24) is 15.6 Å². The van der Waals surface area contributed by atoms with Crippen LogP contribution in [0.25, 0.3) is 11.3 Å². The summed E-state index contributed by atoms with van der Waals surface area (Å²) in [4.78, 5) is 12.3. The molecule has 9 heteroatoms. The molecule has 5 nitrogen and oxygen atoms in total. The van der Waals surface area contributed by atoms with Crippen LogP contribution in [0.15, 0.2) is 35.4 Å². The van der Waals surface area contributed by atoms with Crippen LogP contribution in [0, 0.1) is 23.3 Å². The van der Waals surface area contributed by atoms with Crippen LogP contribution in [0.4, 0.5) is 17.6 Å². The van der Waals surface area contributed by atoms with Gasteiger partial charge in [0, 0.05) is 29.7 Å². The summed E-state index contributed by atoms with van der Waals surface area (Å²) in [5.74, 6) is -4.43. The average Bonchev–Trinajstić information content (AvgIpc) is 3.15. The summed E-state index contributed by atoms with van der Waals surface area (Å²) >= 11 is 0. The Morgan fingerprint density at radius 2 is 1.85 bits per heavy atom. The van der Waals surface area contributed by atoms with Crippen LogP contribution < -0.4 is 5.43 Å². The molecule has 3 aromatic rings. The molecule has 4 rings (SSSR count). The molecular formula is C18H10F4N4O. The highest BCUT2D eigenvalue weighted by atomic mass is 19.1. The highest BCUT2D eigenvalue weighted by Crippen LogP contribution is 2.36. The molecule has 1 aromatic heterocycles. The van der Waals surface area contributed by atoms with Gasteiger partial charge in [-0.15, -0.1) is 0 Å². The maximum absolute atomic E-state index is 13.5. The second-order valence-corrected chi connectivity index (χ2v) is 5.89. The van der Waals surface area contributed by atoms with Gasteiger partial charge < -0.3 is 0 Å². The van der Waals surface area contributed by atoms with E-state index in [4.69, 9.17) is 0 Å². The van der Waals surface area contributed by atoms with E-state index < -0.39 is 28.9 Å². The Balaban J connectivity index is 1.54. The first-order valence-corrected chi connectivity index (χ1v) is 7.78. The predicted octanol–water partition coefficient (Wildman–Crippen LogP) is 3.30. The Labute approximate surface area is 149 Å². The van der Waals surface area contributed by atoms with E-state index in [1.54, 1.807) is 6.07 Å². The molecule has 0 fully saturated rings. The molecule has 1 amide bonds. The van der Waals surface area contributed by atoms with Gasteiger partial charge in [-0.2, -0.15) is 10.2 Å². The summed E-state index contributed by atoms with van der Waals surface area (Å²) in [5, 5.41) is 10.2. The van der Waals surface area contributed by atoms with Crippen molar-refractivity contribution in [2.45, 2.75) is 6.42 Å². The molecule has 0 saturated carbocycles. The highest BCUT2D eigenvalue weighted by molar-refractivity contribution is 5.97. The largest absolute Gasteiger partial charge is 0.289 e. The number of hydrogen-bond donors (Lipinski definition) is 2. The third-order valence-electron chi connectivity index (χ3n) is 4.19. The summed E-state index contributed by atoms with van der Waals surface area (Å²) in [6.45, 7) is 0. The Bertz CT molecular complexity index is 1080. The van der Waals surface area contributed by atoms with Gasteiger partial charge in [-0.1, -0.05) is 0 Å². The molecule has 0 spiro atoms. The van der Waals surface area contributed by atoms with Gasteiger partial charge in [-0.05, 0) is 23.8 Å². The van der Waals surface area contributed by atoms with E-state index in [0.717, 1.165) is 11.8 Å². The van der Waals surface area contributed by atoms with Gasteiger partial charge in [-0.3, -0.25) is 9.89 Å². The minimum absolute atomic E-state index is 0.110. The van der Waals surface area contributed by atoms with Crippen LogP contribution >= 0.6 is 0 Å². The van der Waals surface area contributed by atoms with E-state index in [9.17, 15) is 22.4 Å². The van der Waals surface area contributed by atoms with Crippen LogP contribution in [-0.4, -0.2) is 22.3 Å². The minimum Gasteiger partial charge on any atom is -0.272 e. The van der Waals surface area contributed by atoms with Gasteiger partial charge in [0.25, 0.3) is 5.91 Å². The number of fused-ring (bicyclic) bond motifs is 3. The fourth-order valence-electron chi connectivity index (χ4n) is 2.97. The second kappa shape index (κ2) is 6.35. The first-order valence-electron chi connectivity index (χ1n) is 7.78. The normalized spacial score (nSPS) is 12.3. The van der Waals surface area contributed by atoms with Crippen molar-refractivity contribution < 1.29 is 22.4 Å². The van der Waals surface area contributed by atoms with E-state index in [1.807, 2.05) is 0 Å². The highest BCUT2D eigenvalue weighted by Gasteiger charge is 2.27. The number of hydrazone groups is 1. The Kier molecular flexibility index (Phi) is 3.98. The molecule has 0 aliphatic heterocycles. The lowest BCUT2D eigenvalue weighted by molar-refractivity contribution is 0.0949. The van der Waals surface area contributed by atoms with Crippen molar-refractivity contribution in [3.63, 3.8) is 0 Å². The summed E-state index contributed by atoms with van der Waals surface area (Å²) < 4.78 is 53.3. The van der Waals surface area contributed by atoms with Gasteiger partial charge in [-0.25, -0.2) is 23.0 Å². The van der Waals surface area contributed by atoms with Crippen LogP contribution in [0.3, 0.4) is 0 Å². The summed E-state index contributed by atoms with van der Waals surface area (Å²) in [5.41, 5.74) is 4.18. The van der Waals surface area contributed by atoms with Crippen LogP contribution in [0.5, 0.6) is 0 Å². The van der Waals surface area contributed by atoms with Crippen LogP contribution in [-0.2, 0) is 6.42 Å². The van der Waals surface area contributed by atoms with Gasteiger partial charge in [0.1, 0.15) is 29.0 Å². The molecular weight excluding hydrogens is 364 g/mol. The van der Waals surface area contributed by atoms with Crippen molar-refractivity contribution in [2.75, 3.05) is 0 Å². The molecule has 0 unspecified atom stereocenters. The number of nitrogens with zero attached hydrogens (tertiary/aromatic N) is 2. The van der Waals surface area contributed by atoms with E-state index in [-0.39, 0.29) is 11.5 Å². The van der Waals surface area contributed by atoms with Crippen LogP contribution in [0.2, 0.25) is 0 Å². The molecule has 2 aromatic carbocycles. The third-order valence-corrected chi connectivity index (χ3v) is 4.19. The van der Waals surface area contributed by atoms with Crippen LogP contribution in [0.1, 0.15) is 27.2 Å². The molecule has 1 heterocycles. The maximum Gasteiger partial charge on any atom is 0.289 e. The standard InChI is InChI=1S/C18H10F4N4O/c19-9-1-2-11-8(3-9)4-12-16(11)24-25-17(12)18(27)26-23-7-13-14(21)5-10(20)6-15(13)22/h1-3,5-7H,4H2,(H,24,25)(H,26,27)/b23-7+. The van der Waals surface area contributed by atoms with Crippen molar-refractivity contribution >= 4 is 12.1 Å². The lowest BCUT2D eigenvalue weighted by Gasteiger charge is -2.01. The molecule has 1 aliphatic rings. The van der Waals surface area contributed by atoms with Crippen molar-refractivity contribution in [1.29, 1.82) is 0 Å². The number of aromatic amines is 1. The smallest absolute Gasteiger partial charge is 0.272 e. The van der Waals surface area contributed by atoms with Gasteiger partial charge >= 0.3 is 0 Å². The van der Waals surface area contributed by atoms with Crippen molar-refractivity contribution in [3.8, 4) is 11.3 Å². The van der Waals surface area contributed by atoms with Crippen molar-refractivity contribution in [2.24, 2.45) is 5.10 Å². The Morgan fingerprint density at radius 1 is 1.11 bits per heavy atom. The van der Waals surface area contributed by atoms with Crippen molar-refractivity contribution in [3.05, 3.63) is 76.0 Å². The van der Waals surface area contributed by atoms with Gasteiger partial charge in [0.2, 0.25) is 0 Å². The molecule has 136 valence electrons. The average molecular weight is 374 g/mol. The fourth-order valence-corrected chi connectivity index (χ4v) is 2.97. The Morgan fingerprint density at radius 3 is 2.59 bits per heavy atom. The summed E-state index contributed by atoms with van der Waals surface area (Å²) in [6.07, 6.45) is 1.05. The molecule has 0 bridgehead atoms. The molecule has 27 heavy (non-hydrogen) atoms. The summed E-state index contributed by atoms with van der Waals surface area (Å²) in [6, 6.07) is 5.27. The van der Waals surface area contributed by atoms with Gasteiger partial charge in [0.05, 0.1) is 17.5 Å². The van der Waals surface area contributed by atoms with E-state index in [2.05, 4.69) is 20.7 Å². The molecule has 0 atom stereocenters. The monoisotopic (exact) mass is 374 g/mol. The lowest BCUT2D eigenvalue weighted by atomic mass is 10.1. The zero-order valence-corrected chi connectivity index (χ0v) is 13.5. The predicted molar refractivity (Wildman–Crippen MR) is 88.2 cm³/mol. The second-order valence-electron chi connectivity index (χ2n) is 5.89. The number of rotatable bonds is 3. The number of halogens is 4. The number of benzene rings is 2. The molecule has 0 saturated heterocycles. The first-order chi connectivity index (χ1) is 12.9. The topological polar surface area (TPSA) is 70.1 Å². The molecule has 1 aliphatic carbocycles. The van der Waals surface area contributed by atoms with Gasteiger partial charge in [0.15, 0.2) is 0 Å². The first kappa shape index (κ1) is 17.0. The Hall–Kier alpha value is -3.49. The minimum atomic E-state index is -1.15. The molecule has 2 N–H and O–H groups in total. The zero-order valence-electron chi connectivity index (χ0n) is 13.5. The lowest BCUT2D eigenvalue weighted by Crippen LogP contribution is -2.19. The van der Waals surface area contributed by atoms with E-state index >= 15 is 0 Å². The maximum atomic E-state index is 13.5. The summed E-state index contributed by atoms with van der Waals surface area (Å²) in [7, 11) is 0. The number of hydrogen-bond acceptors (Lipinski definition) is 3. The molecule has 0 radical (unpaired) electrons. The zero-order chi connectivity index (χ0) is 19.1. The number of aromatic nitrogens is 2. The number of amides is 1. The van der Waals surface area contributed by atoms with E-state index in [1.165, 1.54) is 12.1 Å². The fraction of sp³-hybridized carbons (Fsp3) is 0.0556. The number of H-pyrrole nitrogens is 1. The van der Waals surface area contributed by atoms with E-state index in [0.29, 0.717) is 35.4 Å². The SMILES string of the molecule is O=C(N/N=C/c1c(F)cc(F)cc1F)c1[nH]nc2c1Cc1cc(F)ccc1-2. The number of nitrogens with one attached hydrogen (secondary N) is 2. The quantitative estimate of drug-likeness (QED) is 0.328. The number of carbonyl (C=O) groups excluding carboxylic acids is 1.